The van der Waals surface area contributed by atoms with Gasteiger partial charge in [0.2, 0.25) is 0 Å². The monoisotopic (exact) mass is 321 g/mol. The number of carbonyl (C=O) groups excluding carboxylic acids is 1. The van der Waals surface area contributed by atoms with E-state index in [9.17, 15) is 9.90 Å². The molecule has 0 heterocycles. The molecule has 5 nitrogen and oxygen atoms in total. The fraction of sp³-hybridized carbons (Fsp3) is 0.611. The van der Waals surface area contributed by atoms with Gasteiger partial charge in [-0.3, -0.25) is 4.79 Å². The first-order valence-electron chi connectivity index (χ1n) is 8.33. The van der Waals surface area contributed by atoms with E-state index in [0.717, 1.165) is 12.8 Å². The van der Waals surface area contributed by atoms with Crippen LogP contribution in [-0.2, 0) is 0 Å². The van der Waals surface area contributed by atoms with E-state index < -0.39 is 0 Å². The van der Waals surface area contributed by atoms with Gasteiger partial charge in [0, 0.05) is 12.6 Å². The number of hydrogen-bond donors (Lipinski definition) is 2. The van der Waals surface area contributed by atoms with E-state index in [1.54, 1.807) is 32.4 Å². The number of aliphatic hydroxyl groups excluding tert-OH is 1. The Balaban J connectivity index is 2.14. The van der Waals surface area contributed by atoms with Crippen molar-refractivity contribution in [2.24, 2.45) is 5.92 Å². The summed E-state index contributed by atoms with van der Waals surface area (Å²) >= 11 is 0. The van der Waals surface area contributed by atoms with Crippen LogP contribution in [0.25, 0.3) is 0 Å². The number of aliphatic hydroxyl groups is 1. The fourth-order valence-corrected chi connectivity index (χ4v) is 3.34. The van der Waals surface area contributed by atoms with Crippen LogP contribution in [-0.4, -0.2) is 37.9 Å². The van der Waals surface area contributed by atoms with Gasteiger partial charge < -0.3 is 19.9 Å². The molecule has 128 valence electrons. The number of hydrogen-bond acceptors (Lipinski definition) is 4. The van der Waals surface area contributed by atoms with Gasteiger partial charge in [-0.05, 0) is 43.4 Å². The van der Waals surface area contributed by atoms with Crippen LogP contribution in [0.3, 0.4) is 0 Å². The molecule has 1 saturated carbocycles. The summed E-state index contributed by atoms with van der Waals surface area (Å²) in [7, 11) is 3.12. The SMILES string of the molecule is COc1ccc(OC)c(C(=O)NC(CCO)C2CCCCC2)c1. The van der Waals surface area contributed by atoms with Gasteiger partial charge in [-0.15, -0.1) is 0 Å². The third-order valence-electron chi connectivity index (χ3n) is 4.63. The van der Waals surface area contributed by atoms with Gasteiger partial charge in [0.05, 0.1) is 19.8 Å². The summed E-state index contributed by atoms with van der Waals surface area (Å²) in [6, 6.07) is 5.19. The van der Waals surface area contributed by atoms with Crippen molar-refractivity contribution in [3.05, 3.63) is 23.8 Å². The molecule has 1 aromatic rings. The highest BCUT2D eigenvalue weighted by atomic mass is 16.5. The number of nitrogens with one attached hydrogen (secondary N) is 1. The van der Waals surface area contributed by atoms with Crippen molar-refractivity contribution in [1.82, 2.24) is 5.32 Å². The Morgan fingerprint density at radius 3 is 2.61 bits per heavy atom. The smallest absolute Gasteiger partial charge is 0.255 e. The van der Waals surface area contributed by atoms with Crippen LogP contribution in [0, 0.1) is 5.92 Å². The molecule has 0 saturated heterocycles. The Morgan fingerprint density at radius 2 is 2.00 bits per heavy atom. The summed E-state index contributed by atoms with van der Waals surface area (Å²) in [6.45, 7) is 0.0801. The van der Waals surface area contributed by atoms with Gasteiger partial charge in [0.25, 0.3) is 5.91 Å². The minimum absolute atomic E-state index is 0.00343. The Kier molecular flexibility index (Phi) is 6.71. The van der Waals surface area contributed by atoms with E-state index in [1.165, 1.54) is 19.3 Å². The quantitative estimate of drug-likeness (QED) is 0.810. The van der Waals surface area contributed by atoms with Gasteiger partial charge in [-0.25, -0.2) is 0 Å². The second kappa shape index (κ2) is 8.77. The standard InChI is InChI=1S/C18H27NO4/c1-22-14-8-9-17(23-2)15(12-14)18(21)19-16(10-11-20)13-6-4-3-5-7-13/h8-9,12-13,16,20H,3-7,10-11H2,1-2H3,(H,19,21). The molecule has 1 atom stereocenters. The van der Waals surface area contributed by atoms with Crippen LogP contribution in [0.15, 0.2) is 18.2 Å². The summed E-state index contributed by atoms with van der Waals surface area (Å²) in [5, 5.41) is 12.4. The molecule has 1 amide bonds. The van der Waals surface area contributed by atoms with E-state index >= 15 is 0 Å². The summed E-state index contributed by atoms with van der Waals surface area (Å²) in [5.41, 5.74) is 0.464. The van der Waals surface area contributed by atoms with Crippen LogP contribution in [0.5, 0.6) is 11.5 Å². The first-order valence-corrected chi connectivity index (χ1v) is 8.33. The predicted molar refractivity (Wildman–Crippen MR) is 89.1 cm³/mol. The maximum Gasteiger partial charge on any atom is 0.255 e. The zero-order valence-corrected chi connectivity index (χ0v) is 14.0. The Morgan fingerprint density at radius 1 is 1.26 bits per heavy atom. The predicted octanol–water partition coefficient (Wildman–Crippen LogP) is 2.76. The van der Waals surface area contributed by atoms with Crippen molar-refractivity contribution in [2.75, 3.05) is 20.8 Å². The van der Waals surface area contributed by atoms with E-state index in [2.05, 4.69) is 5.32 Å². The third kappa shape index (κ3) is 4.61. The molecular formula is C18H27NO4. The molecule has 0 spiro atoms. The molecule has 1 unspecified atom stereocenters. The number of benzene rings is 1. The molecule has 1 aromatic carbocycles. The van der Waals surface area contributed by atoms with Crippen molar-refractivity contribution in [2.45, 2.75) is 44.6 Å². The van der Waals surface area contributed by atoms with Crippen molar-refractivity contribution < 1.29 is 19.4 Å². The van der Waals surface area contributed by atoms with Crippen LogP contribution >= 0.6 is 0 Å². The highest BCUT2D eigenvalue weighted by Crippen LogP contribution is 2.29. The molecule has 0 aromatic heterocycles. The molecule has 1 aliphatic carbocycles. The molecule has 1 aliphatic rings. The Labute approximate surface area is 138 Å². The largest absolute Gasteiger partial charge is 0.497 e. The molecule has 2 N–H and O–H groups in total. The first kappa shape index (κ1) is 17.6. The highest BCUT2D eigenvalue weighted by molar-refractivity contribution is 5.97. The zero-order valence-electron chi connectivity index (χ0n) is 14.0. The summed E-state index contributed by atoms with van der Waals surface area (Å²) < 4.78 is 10.5. The van der Waals surface area contributed by atoms with E-state index in [-0.39, 0.29) is 18.6 Å². The first-order chi connectivity index (χ1) is 11.2. The molecule has 1 fully saturated rings. The van der Waals surface area contributed by atoms with E-state index in [0.29, 0.717) is 29.4 Å². The lowest BCUT2D eigenvalue weighted by atomic mass is 9.82. The Bertz CT molecular complexity index is 512. The van der Waals surface area contributed by atoms with Crippen LogP contribution in [0.4, 0.5) is 0 Å². The highest BCUT2D eigenvalue weighted by Gasteiger charge is 2.26. The number of rotatable bonds is 7. The normalized spacial score (nSPS) is 16.7. The molecule has 0 radical (unpaired) electrons. The molecule has 0 aliphatic heterocycles. The van der Waals surface area contributed by atoms with Crippen LogP contribution < -0.4 is 14.8 Å². The van der Waals surface area contributed by atoms with E-state index in [4.69, 9.17) is 9.47 Å². The minimum Gasteiger partial charge on any atom is -0.497 e. The molecule has 2 rings (SSSR count). The summed E-state index contributed by atoms with van der Waals surface area (Å²) in [6.07, 6.45) is 6.47. The average molecular weight is 321 g/mol. The zero-order chi connectivity index (χ0) is 16.7. The number of carbonyl (C=O) groups is 1. The number of methoxy groups -OCH3 is 2. The molecule has 0 bridgehead atoms. The minimum atomic E-state index is -0.176. The van der Waals surface area contributed by atoms with Gasteiger partial charge in [-0.2, -0.15) is 0 Å². The maximum absolute atomic E-state index is 12.7. The van der Waals surface area contributed by atoms with Gasteiger partial charge in [0.1, 0.15) is 11.5 Å². The van der Waals surface area contributed by atoms with Crippen molar-refractivity contribution in [1.29, 1.82) is 0 Å². The maximum atomic E-state index is 12.7. The van der Waals surface area contributed by atoms with Crippen molar-refractivity contribution in [3.8, 4) is 11.5 Å². The topological polar surface area (TPSA) is 67.8 Å². The second-order valence-electron chi connectivity index (χ2n) is 6.06. The second-order valence-corrected chi connectivity index (χ2v) is 6.06. The Hall–Kier alpha value is -1.75. The van der Waals surface area contributed by atoms with Crippen LogP contribution in [0.2, 0.25) is 0 Å². The summed E-state index contributed by atoms with van der Waals surface area (Å²) in [4.78, 5) is 12.7. The fourth-order valence-electron chi connectivity index (χ4n) is 3.34. The van der Waals surface area contributed by atoms with E-state index in [1.807, 2.05) is 0 Å². The van der Waals surface area contributed by atoms with Gasteiger partial charge in [0.15, 0.2) is 0 Å². The lowest BCUT2D eigenvalue weighted by molar-refractivity contribution is 0.0896. The molecular weight excluding hydrogens is 294 g/mol. The lowest BCUT2D eigenvalue weighted by Crippen LogP contribution is -2.41. The van der Waals surface area contributed by atoms with Gasteiger partial charge >= 0.3 is 0 Å². The van der Waals surface area contributed by atoms with Crippen LogP contribution in [0.1, 0.15) is 48.9 Å². The molecule has 23 heavy (non-hydrogen) atoms. The van der Waals surface area contributed by atoms with Crippen molar-refractivity contribution in [3.63, 3.8) is 0 Å². The van der Waals surface area contributed by atoms with Gasteiger partial charge in [-0.1, -0.05) is 19.3 Å². The summed E-state index contributed by atoms with van der Waals surface area (Å²) in [5.74, 6) is 1.41. The lowest BCUT2D eigenvalue weighted by Gasteiger charge is -2.30. The van der Waals surface area contributed by atoms with Crippen molar-refractivity contribution >= 4 is 5.91 Å². The molecule has 5 heteroatoms. The number of amides is 1. The average Bonchev–Trinajstić information content (AvgIpc) is 2.61. The third-order valence-corrected chi connectivity index (χ3v) is 4.63. The number of ether oxygens (including phenoxy) is 2.